The molecule has 1 rings (SSSR count). The molecule has 0 aliphatic rings. The van der Waals surface area contributed by atoms with Gasteiger partial charge in [0.1, 0.15) is 0 Å². The van der Waals surface area contributed by atoms with Gasteiger partial charge in [0.05, 0.1) is 12.2 Å². The summed E-state index contributed by atoms with van der Waals surface area (Å²) in [5, 5.41) is 8.96. The fourth-order valence-corrected chi connectivity index (χ4v) is 2.13. The van der Waals surface area contributed by atoms with Crippen molar-refractivity contribution in [3.8, 4) is 0 Å². The van der Waals surface area contributed by atoms with Crippen LogP contribution in [0.5, 0.6) is 0 Å². The average Bonchev–Trinajstić information content (AvgIpc) is 2.29. The standard InChI is InChI=1S/C12H16O3S/c1-2-7-15-8-9-16-11-6-4-3-5-10(11)12(13)14/h3-6H,2,7-9H2,1H3,(H,13,14). The number of carbonyl (C=O) groups is 1. The van der Waals surface area contributed by atoms with Crippen molar-refractivity contribution in [1.82, 2.24) is 0 Å². The zero-order valence-electron chi connectivity index (χ0n) is 9.31. The lowest BCUT2D eigenvalue weighted by Crippen LogP contribution is -2.01. The third-order valence-corrected chi connectivity index (χ3v) is 2.99. The van der Waals surface area contributed by atoms with Gasteiger partial charge >= 0.3 is 5.97 Å². The van der Waals surface area contributed by atoms with Crippen molar-refractivity contribution in [3.63, 3.8) is 0 Å². The molecule has 0 spiro atoms. The van der Waals surface area contributed by atoms with Crippen LogP contribution in [0, 0.1) is 0 Å². The highest BCUT2D eigenvalue weighted by Crippen LogP contribution is 2.22. The molecule has 4 heteroatoms. The van der Waals surface area contributed by atoms with E-state index in [9.17, 15) is 4.79 Å². The molecule has 0 aliphatic carbocycles. The molecular weight excluding hydrogens is 224 g/mol. The molecule has 1 aromatic carbocycles. The summed E-state index contributed by atoms with van der Waals surface area (Å²) in [4.78, 5) is 11.7. The van der Waals surface area contributed by atoms with Gasteiger partial charge in [0.15, 0.2) is 0 Å². The van der Waals surface area contributed by atoms with E-state index in [0.29, 0.717) is 12.2 Å². The summed E-state index contributed by atoms with van der Waals surface area (Å²) in [5.74, 6) is -0.0952. The van der Waals surface area contributed by atoms with Gasteiger partial charge in [-0.15, -0.1) is 11.8 Å². The van der Waals surface area contributed by atoms with Crippen LogP contribution in [0.4, 0.5) is 0 Å². The molecule has 1 aromatic rings. The van der Waals surface area contributed by atoms with E-state index in [-0.39, 0.29) is 0 Å². The van der Waals surface area contributed by atoms with Gasteiger partial charge in [-0.2, -0.15) is 0 Å². The van der Waals surface area contributed by atoms with Crippen LogP contribution in [0.1, 0.15) is 23.7 Å². The number of aromatic carboxylic acids is 1. The Balaban J connectivity index is 2.44. The Morgan fingerprint density at radius 3 is 2.81 bits per heavy atom. The van der Waals surface area contributed by atoms with Crippen molar-refractivity contribution in [2.75, 3.05) is 19.0 Å². The first kappa shape index (κ1) is 13.1. The molecule has 0 bridgehead atoms. The molecule has 88 valence electrons. The molecule has 0 atom stereocenters. The Morgan fingerprint density at radius 1 is 1.38 bits per heavy atom. The topological polar surface area (TPSA) is 46.5 Å². The lowest BCUT2D eigenvalue weighted by Gasteiger charge is -2.05. The van der Waals surface area contributed by atoms with Gasteiger partial charge < -0.3 is 9.84 Å². The Hall–Kier alpha value is -1.00. The Labute approximate surface area is 99.8 Å². The van der Waals surface area contributed by atoms with Crippen LogP contribution in [-0.2, 0) is 4.74 Å². The summed E-state index contributed by atoms with van der Waals surface area (Å²) in [6.07, 6.45) is 1.01. The highest BCUT2D eigenvalue weighted by atomic mass is 32.2. The summed E-state index contributed by atoms with van der Waals surface area (Å²) < 4.78 is 5.34. The Kier molecular flexibility index (Phi) is 5.96. The summed E-state index contributed by atoms with van der Waals surface area (Å²) >= 11 is 1.52. The predicted molar refractivity (Wildman–Crippen MR) is 65.2 cm³/mol. The van der Waals surface area contributed by atoms with Crippen molar-refractivity contribution in [3.05, 3.63) is 29.8 Å². The van der Waals surface area contributed by atoms with E-state index >= 15 is 0 Å². The van der Waals surface area contributed by atoms with Crippen LogP contribution in [0.15, 0.2) is 29.2 Å². The van der Waals surface area contributed by atoms with Crippen molar-refractivity contribution < 1.29 is 14.6 Å². The van der Waals surface area contributed by atoms with Crippen LogP contribution in [0.3, 0.4) is 0 Å². The number of hydrogen-bond acceptors (Lipinski definition) is 3. The first-order chi connectivity index (χ1) is 7.75. The summed E-state index contributed by atoms with van der Waals surface area (Å²) in [6.45, 7) is 3.49. The third kappa shape index (κ3) is 4.24. The number of benzene rings is 1. The number of rotatable bonds is 7. The molecule has 0 saturated heterocycles. The van der Waals surface area contributed by atoms with Crippen LogP contribution in [0.2, 0.25) is 0 Å². The van der Waals surface area contributed by atoms with E-state index < -0.39 is 5.97 Å². The van der Waals surface area contributed by atoms with Crippen molar-refractivity contribution in [1.29, 1.82) is 0 Å². The third-order valence-electron chi connectivity index (χ3n) is 1.95. The number of ether oxygens (including phenoxy) is 1. The predicted octanol–water partition coefficient (Wildman–Crippen LogP) is 2.90. The van der Waals surface area contributed by atoms with Gasteiger partial charge in [0, 0.05) is 17.3 Å². The van der Waals surface area contributed by atoms with Gasteiger partial charge in [-0.25, -0.2) is 4.79 Å². The molecule has 0 saturated carbocycles. The van der Waals surface area contributed by atoms with E-state index in [1.165, 1.54) is 11.8 Å². The highest BCUT2D eigenvalue weighted by Gasteiger charge is 2.08. The lowest BCUT2D eigenvalue weighted by atomic mass is 10.2. The van der Waals surface area contributed by atoms with Gasteiger partial charge in [-0.1, -0.05) is 19.1 Å². The fourth-order valence-electron chi connectivity index (χ4n) is 1.23. The molecule has 0 amide bonds. The Morgan fingerprint density at radius 2 is 2.12 bits per heavy atom. The van der Waals surface area contributed by atoms with E-state index in [0.717, 1.165) is 23.7 Å². The van der Waals surface area contributed by atoms with E-state index in [1.54, 1.807) is 12.1 Å². The van der Waals surface area contributed by atoms with Crippen molar-refractivity contribution in [2.24, 2.45) is 0 Å². The second-order valence-corrected chi connectivity index (χ2v) is 4.40. The SMILES string of the molecule is CCCOCCSc1ccccc1C(=O)O. The molecule has 1 N–H and O–H groups in total. The molecule has 0 heterocycles. The fraction of sp³-hybridized carbons (Fsp3) is 0.417. The largest absolute Gasteiger partial charge is 0.478 e. The summed E-state index contributed by atoms with van der Waals surface area (Å²) in [6, 6.07) is 7.04. The first-order valence-corrected chi connectivity index (χ1v) is 6.27. The van der Waals surface area contributed by atoms with Gasteiger partial charge in [0.25, 0.3) is 0 Å². The van der Waals surface area contributed by atoms with Gasteiger partial charge in [-0.05, 0) is 18.6 Å². The Bertz CT molecular complexity index is 339. The lowest BCUT2D eigenvalue weighted by molar-refractivity contribution is 0.0693. The van der Waals surface area contributed by atoms with E-state index in [2.05, 4.69) is 6.92 Å². The minimum atomic E-state index is -0.877. The number of carboxylic acids is 1. The average molecular weight is 240 g/mol. The maximum absolute atomic E-state index is 10.9. The molecule has 16 heavy (non-hydrogen) atoms. The molecule has 0 aliphatic heterocycles. The van der Waals surface area contributed by atoms with E-state index in [1.807, 2.05) is 12.1 Å². The normalized spacial score (nSPS) is 10.3. The summed E-state index contributed by atoms with van der Waals surface area (Å²) in [5.41, 5.74) is 0.364. The first-order valence-electron chi connectivity index (χ1n) is 5.28. The monoisotopic (exact) mass is 240 g/mol. The number of hydrogen-bond donors (Lipinski definition) is 1. The quantitative estimate of drug-likeness (QED) is 0.588. The summed E-state index contributed by atoms with van der Waals surface area (Å²) in [7, 11) is 0. The minimum absolute atomic E-state index is 0.364. The second-order valence-electron chi connectivity index (χ2n) is 3.26. The molecule has 3 nitrogen and oxygen atoms in total. The maximum atomic E-state index is 10.9. The second kappa shape index (κ2) is 7.30. The van der Waals surface area contributed by atoms with Crippen molar-refractivity contribution in [2.45, 2.75) is 18.2 Å². The van der Waals surface area contributed by atoms with Crippen molar-refractivity contribution >= 4 is 17.7 Å². The van der Waals surface area contributed by atoms with E-state index in [4.69, 9.17) is 9.84 Å². The van der Waals surface area contributed by atoms with Gasteiger partial charge in [0.2, 0.25) is 0 Å². The smallest absolute Gasteiger partial charge is 0.336 e. The molecule has 0 radical (unpaired) electrons. The molecule has 0 unspecified atom stereocenters. The van der Waals surface area contributed by atoms with Crippen LogP contribution < -0.4 is 0 Å². The molecular formula is C12H16O3S. The zero-order chi connectivity index (χ0) is 11.8. The van der Waals surface area contributed by atoms with Crippen LogP contribution >= 0.6 is 11.8 Å². The minimum Gasteiger partial charge on any atom is -0.478 e. The maximum Gasteiger partial charge on any atom is 0.336 e. The number of carboxylic acid groups (broad SMARTS) is 1. The zero-order valence-corrected chi connectivity index (χ0v) is 10.1. The van der Waals surface area contributed by atoms with Crippen LogP contribution in [-0.4, -0.2) is 30.0 Å². The number of thioether (sulfide) groups is 1. The van der Waals surface area contributed by atoms with Crippen LogP contribution in [0.25, 0.3) is 0 Å². The molecule has 0 aromatic heterocycles. The molecule has 0 fully saturated rings. The van der Waals surface area contributed by atoms with Gasteiger partial charge in [-0.3, -0.25) is 0 Å². The highest BCUT2D eigenvalue weighted by molar-refractivity contribution is 7.99.